The van der Waals surface area contributed by atoms with E-state index in [0.717, 1.165) is 0 Å². The molecule has 0 aromatic carbocycles. The minimum atomic E-state index is 1.28. The van der Waals surface area contributed by atoms with Gasteiger partial charge in [-0.1, -0.05) is 18.6 Å². The fraction of sp³-hybridized carbons (Fsp3) is 0.778. The van der Waals surface area contributed by atoms with E-state index in [-0.39, 0.29) is 0 Å². The van der Waals surface area contributed by atoms with Crippen LogP contribution in [0.25, 0.3) is 0 Å². The maximum Gasteiger partial charge on any atom is -0.00329 e. The van der Waals surface area contributed by atoms with Crippen molar-refractivity contribution in [2.45, 2.75) is 32.1 Å². The Morgan fingerprint density at radius 2 is 1.70 bits per heavy atom. The van der Waals surface area contributed by atoms with Crippen LogP contribution in [0.2, 0.25) is 0 Å². The van der Waals surface area contributed by atoms with Crippen LogP contribution in [0.5, 0.6) is 0 Å². The molecule has 10 heavy (non-hydrogen) atoms. The lowest BCUT2D eigenvalue weighted by Crippen LogP contribution is -1.85. The van der Waals surface area contributed by atoms with Crippen LogP contribution < -0.4 is 0 Å². The summed E-state index contributed by atoms with van der Waals surface area (Å²) in [6, 6.07) is 0. The molecule has 1 aliphatic rings. The summed E-state index contributed by atoms with van der Waals surface area (Å²) in [6.45, 7) is 0. The van der Waals surface area contributed by atoms with Gasteiger partial charge in [-0.25, -0.2) is 0 Å². The molecule has 0 saturated heterocycles. The molecule has 0 aliphatic carbocycles. The summed E-state index contributed by atoms with van der Waals surface area (Å²) in [5.74, 6) is 2.71. The van der Waals surface area contributed by atoms with Gasteiger partial charge in [0.15, 0.2) is 0 Å². The largest absolute Gasteiger partial charge is 0.162 e. The van der Waals surface area contributed by atoms with Crippen LogP contribution >= 0.6 is 11.8 Å². The molecule has 1 heterocycles. The molecule has 0 radical (unpaired) electrons. The second-order valence-electron chi connectivity index (χ2n) is 2.72. The van der Waals surface area contributed by atoms with Gasteiger partial charge in [-0.3, -0.25) is 0 Å². The van der Waals surface area contributed by atoms with Crippen molar-refractivity contribution >= 4 is 11.8 Å². The molecule has 1 heteroatoms. The predicted molar refractivity (Wildman–Crippen MR) is 49.6 cm³/mol. The van der Waals surface area contributed by atoms with Crippen LogP contribution in [0.15, 0.2) is 12.2 Å². The lowest BCUT2D eigenvalue weighted by Gasteiger charge is -2.01. The first-order valence-electron chi connectivity index (χ1n) is 4.23. The van der Waals surface area contributed by atoms with E-state index in [9.17, 15) is 0 Å². The molecule has 0 amide bonds. The van der Waals surface area contributed by atoms with Crippen molar-refractivity contribution in [1.82, 2.24) is 0 Å². The van der Waals surface area contributed by atoms with E-state index >= 15 is 0 Å². The molecule has 0 saturated carbocycles. The average Bonchev–Trinajstić information content (AvgIpc) is 2.01. The number of allylic oxidation sites excluding steroid dienone is 2. The predicted octanol–water partition coefficient (Wildman–Crippen LogP) is 3.24. The Balaban J connectivity index is 2.13. The highest BCUT2D eigenvalue weighted by Crippen LogP contribution is 2.11. The van der Waals surface area contributed by atoms with E-state index in [0.29, 0.717) is 0 Å². The maximum atomic E-state index is 2.34. The van der Waals surface area contributed by atoms with Gasteiger partial charge in [-0.15, -0.1) is 0 Å². The normalized spacial score (nSPS) is 25.6. The zero-order valence-electron chi connectivity index (χ0n) is 6.51. The molecule has 0 aromatic heterocycles. The Morgan fingerprint density at radius 3 is 2.70 bits per heavy atom. The van der Waals surface area contributed by atoms with Crippen molar-refractivity contribution in [3.63, 3.8) is 0 Å². The molecular weight excluding hydrogens is 140 g/mol. The smallest absolute Gasteiger partial charge is 0.00329 e. The van der Waals surface area contributed by atoms with E-state index in [4.69, 9.17) is 0 Å². The first kappa shape index (κ1) is 8.19. The molecule has 0 fully saturated rings. The highest BCUT2D eigenvalue weighted by atomic mass is 32.2. The van der Waals surface area contributed by atoms with E-state index in [1.54, 1.807) is 0 Å². The zero-order chi connectivity index (χ0) is 7.07. The van der Waals surface area contributed by atoms with Gasteiger partial charge in [-0.2, -0.15) is 11.8 Å². The van der Waals surface area contributed by atoms with Crippen molar-refractivity contribution in [2.75, 3.05) is 11.5 Å². The van der Waals surface area contributed by atoms with Crippen molar-refractivity contribution in [3.8, 4) is 0 Å². The van der Waals surface area contributed by atoms with Gasteiger partial charge in [-0.05, 0) is 37.2 Å². The SMILES string of the molecule is C1=C/CCSCCCCC/1. The van der Waals surface area contributed by atoms with E-state index in [1.165, 1.54) is 43.6 Å². The molecule has 1 rings (SSSR count). The molecule has 0 spiro atoms. The monoisotopic (exact) mass is 156 g/mol. The van der Waals surface area contributed by atoms with E-state index in [1.807, 2.05) is 0 Å². The van der Waals surface area contributed by atoms with Crippen LogP contribution in [0, 0.1) is 0 Å². The fourth-order valence-corrected chi connectivity index (χ4v) is 2.05. The summed E-state index contributed by atoms with van der Waals surface area (Å²) in [7, 11) is 0. The van der Waals surface area contributed by atoms with Crippen molar-refractivity contribution in [1.29, 1.82) is 0 Å². The molecule has 0 nitrogen and oxygen atoms in total. The minimum absolute atomic E-state index is 1.28. The molecular formula is C9H16S. The molecule has 1 aliphatic heterocycles. The first-order valence-corrected chi connectivity index (χ1v) is 5.38. The summed E-state index contributed by atoms with van der Waals surface area (Å²) in [5.41, 5.74) is 0. The molecule has 0 bridgehead atoms. The summed E-state index contributed by atoms with van der Waals surface area (Å²) in [6.07, 6.45) is 11.5. The van der Waals surface area contributed by atoms with Gasteiger partial charge >= 0.3 is 0 Å². The maximum absolute atomic E-state index is 2.34. The Hall–Kier alpha value is 0.0900. The summed E-state index contributed by atoms with van der Waals surface area (Å²) >= 11 is 2.10. The topological polar surface area (TPSA) is 0 Å². The summed E-state index contributed by atoms with van der Waals surface area (Å²) < 4.78 is 0. The fourth-order valence-electron chi connectivity index (χ4n) is 1.13. The lowest BCUT2D eigenvalue weighted by atomic mass is 10.2. The van der Waals surface area contributed by atoms with Crippen molar-refractivity contribution in [2.24, 2.45) is 0 Å². The highest BCUT2D eigenvalue weighted by Gasteiger charge is 1.91. The number of thioether (sulfide) groups is 1. The van der Waals surface area contributed by atoms with Gasteiger partial charge in [0.1, 0.15) is 0 Å². The van der Waals surface area contributed by atoms with Gasteiger partial charge in [0, 0.05) is 0 Å². The summed E-state index contributed by atoms with van der Waals surface area (Å²) in [5, 5.41) is 0. The number of hydrogen-bond acceptors (Lipinski definition) is 1. The Bertz CT molecular complexity index is 84.9. The quantitative estimate of drug-likeness (QED) is 0.485. The van der Waals surface area contributed by atoms with Gasteiger partial charge in [0.25, 0.3) is 0 Å². The van der Waals surface area contributed by atoms with E-state index < -0.39 is 0 Å². The second-order valence-corrected chi connectivity index (χ2v) is 3.95. The Morgan fingerprint density at radius 1 is 0.800 bits per heavy atom. The molecule has 0 N–H and O–H groups in total. The van der Waals surface area contributed by atoms with Gasteiger partial charge in [0.2, 0.25) is 0 Å². The Labute approximate surface area is 68.1 Å². The van der Waals surface area contributed by atoms with Crippen LogP contribution in [-0.2, 0) is 0 Å². The molecule has 0 unspecified atom stereocenters. The average molecular weight is 156 g/mol. The van der Waals surface area contributed by atoms with Gasteiger partial charge < -0.3 is 0 Å². The van der Waals surface area contributed by atoms with Crippen molar-refractivity contribution in [3.05, 3.63) is 12.2 Å². The zero-order valence-corrected chi connectivity index (χ0v) is 7.33. The lowest BCUT2D eigenvalue weighted by molar-refractivity contribution is 0.732. The molecule has 0 aromatic rings. The van der Waals surface area contributed by atoms with Crippen LogP contribution in [0.3, 0.4) is 0 Å². The summed E-state index contributed by atoms with van der Waals surface area (Å²) in [4.78, 5) is 0. The third-order valence-electron chi connectivity index (χ3n) is 1.75. The van der Waals surface area contributed by atoms with Crippen molar-refractivity contribution < 1.29 is 0 Å². The van der Waals surface area contributed by atoms with E-state index in [2.05, 4.69) is 23.9 Å². The standard InChI is InChI=1S/C9H16S/c1-2-4-6-8-10-9-7-5-3-1/h2,4H,1,3,5-9H2/b4-2+. The Kier molecular flexibility index (Phi) is 4.79. The molecule has 0 atom stereocenters. The highest BCUT2D eigenvalue weighted by molar-refractivity contribution is 7.99. The third kappa shape index (κ3) is 3.99. The minimum Gasteiger partial charge on any atom is -0.162 e. The second kappa shape index (κ2) is 5.84. The number of rotatable bonds is 0. The molecule has 58 valence electrons. The third-order valence-corrected chi connectivity index (χ3v) is 2.86. The van der Waals surface area contributed by atoms with Crippen LogP contribution in [-0.4, -0.2) is 11.5 Å². The van der Waals surface area contributed by atoms with Crippen LogP contribution in [0.4, 0.5) is 0 Å². The van der Waals surface area contributed by atoms with Gasteiger partial charge in [0.05, 0.1) is 0 Å². The first-order chi connectivity index (χ1) is 5.00. The van der Waals surface area contributed by atoms with Crippen LogP contribution in [0.1, 0.15) is 32.1 Å². The number of hydrogen-bond donors (Lipinski definition) is 0.